The van der Waals surface area contributed by atoms with Gasteiger partial charge in [0, 0.05) is 0 Å². The molecule has 0 aromatic heterocycles. The highest BCUT2D eigenvalue weighted by Crippen LogP contribution is 2.35. The van der Waals surface area contributed by atoms with Crippen LogP contribution in [-0.2, 0) is 19.6 Å². The molecule has 0 fully saturated rings. The molecule has 1 heterocycles. The first-order valence-electron chi connectivity index (χ1n) is 9.30. The van der Waals surface area contributed by atoms with Crippen molar-refractivity contribution in [3.05, 3.63) is 53.1 Å². The van der Waals surface area contributed by atoms with Crippen molar-refractivity contribution in [2.24, 2.45) is 0 Å². The summed E-state index contributed by atoms with van der Waals surface area (Å²) in [4.78, 5) is 24.6. The molecule has 0 saturated heterocycles. The smallest absolute Gasteiger partial charge is 0.338 e. The Hall–Kier alpha value is -2.78. The Bertz CT molecular complexity index is 1070. The topological polar surface area (TPSA) is 102 Å². The van der Waals surface area contributed by atoms with E-state index >= 15 is 0 Å². The van der Waals surface area contributed by atoms with E-state index in [1.807, 2.05) is 0 Å². The molecule has 10 heteroatoms. The summed E-state index contributed by atoms with van der Waals surface area (Å²) in [6.45, 7) is 3.29. The molecule has 1 N–H and O–H groups in total. The molecular formula is C20H21ClN2O6S. The molecule has 30 heavy (non-hydrogen) atoms. The Morgan fingerprint density at radius 3 is 2.63 bits per heavy atom. The van der Waals surface area contributed by atoms with Crippen LogP contribution in [0.1, 0.15) is 24.2 Å². The lowest BCUT2D eigenvalue weighted by Gasteiger charge is -2.34. The lowest BCUT2D eigenvalue weighted by atomic mass is 10.2. The Morgan fingerprint density at radius 2 is 1.97 bits per heavy atom. The van der Waals surface area contributed by atoms with Crippen LogP contribution in [0.4, 0.5) is 11.4 Å². The lowest BCUT2D eigenvalue weighted by molar-refractivity contribution is -0.122. The van der Waals surface area contributed by atoms with E-state index in [1.165, 1.54) is 29.4 Å². The van der Waals surface area contributed by atoms with Gasteiger partial charge in [-0.25, -0.2) is 13.2 Å². The number of nitrogens with one attached hydrogen (secondary N) is 1. The van der Waals surface area contributed by atoms with E-state index in [0.717, 1.165) is 0 Å². The molecule has 1 aliphatic heterocycles. The van der Waals surface area contributed by atoms with E-state index in [9.17, 15) is 18.0 Å². The third-order valence-electron chi connectivity index (χ3n) is 4.47. The number of esters is 1. The van der Waals surface area contributed by atoms with Crippen molar-refractivity contribution in [2.45, 2.75) is 20.0 Å². The first-order chi connectivity index (χ1) is 14.3. The second-order valence-electron chi connectivity index (χ2n) is 6.41. The molecule has 1 atom stereocenters. The van der Waals surface area contributed by atoms with Crippen LogP contribution in [0, 0.1) is 0 Å². The van der Waals surface area contributed by atoms with E-state index in [1.54, 1.807) is 31.2 Å². The average Bonchev–Trinajstić information content (AvgIpc) is 2.74. The normalized spacial score (nSPS) is 15.7. The number of ether oxygens (including phenoxy) is 2. The van der Waals surface area contributed by atoms with Crippen LogP contribution in [-0.4, -0.2) is 45.3 Å². The van der Waals surface area contributed by atoms with Crippen LogP contribution in [0.25, 0.3) is 0 Å². The van der Waals surface area contributed by atoms with Gasteiger partial charge in [-0.3, -0.25) is 9.10 Å². The maximum absolute atomic E-state index is 12.8. The van der Waals surface area contributed by atoms with E-state index in [4.69, 9.17) is 21.1 Å². The lowest BCUT2D eigenvalue weighted by Crippen LogP contribution is -2.49. The quantitative estimate of drug-likeness (QED) is 0.676. The van der Waals surface area contributed by atoms with Crippen molar-refractivity contribution in [2.75, 3.05) is 28.5 Å². The summed E-state index contributed by atoms with van der Waals surface area (Å²) in [5.74, 6) is -0.905. The fourth-order valence-corrected chi connectivity index (χ4v) is 4.28. The van der Waals surface area contributed by atoms with Gasteiger partial charge in [0.25, 0.3) is 5.91 Å². The highest BCUT2D eigenvalue weighted by Gasteiger charge is 2.36. The SMILES string of the molecule is CCOC(=O)c1ccc(NC(=O)[C@H]2CN(S(=O)(=O)CC)c3ccccc3O2)c(Cl)c1. The van der Waals surface area contributed by atoms with Crippen molar-refractivity contribution < 1.29 is 27.5 Å². The summed E-state index contributed by atoms with van der Waals surface area (Å²) in [6, 6.07) is 11.0. The maximum Gasteiger partial charge on any atom is 0.338 e. The molecule has 0 saturated carbocycles. The van der Waals surface area contributed by atoms with E-state index in [0.29, 0.717) is 11.4 Å². The van der Waals surface area contributed by atoms with Gasteiger partial charge in [0.1, 0.15) is 5.75 Å². The van der Waals surface area contributed by atoms with Crippen molar-refractivity contribution in [3.63, 3.8) is 0 Å². The minimum absolute atomic E-state index is 0.114. The number of hydrogen-bond acceptors (Lipinski definition) is 6. The molecule has 8 nitrogen and oxygen atoms in total. The van der Waals surface area contributed by atoms with Crippen molar-refractivity contribution in [1.29, 1.82) is 0 Å². The van der Waals surface area contributed by atoms with Gasteiger partial charge in [-0.15, -0.1) is 0 Å². The van der Waals surface area contributed by atoms with Gasteiger partial charge in [-0.1, -0.05) is 23.7 Å². The predicted molar refractivity (Wildman–Crippen MR) is 114 cm³/mol. The minimum Gasteiger partial charge on any atom is -0.476 e. The molecule has 0 bridgehead atoms. The number of amides is 1. The standard InChI is InChI=1S/C20H21ClN2O6S/c1-3-28-20(25)13-9-10-15(14(21)11-13)22-19(24)18-12-23(30(26,27)4-2)16-7-5-6-8-17(16)29-18/h5-11,18H,3-4,12H2,1-2H3,(H,22,24)/t18-/m1/s1. The largest absolute Gasteiger partial charge is 0.476 e. The molecule has 3 rings (SSSR count). The summed E-state index contributed by atoms with van der Waals surface area (Å²) in [7, 11) is -3.61. The molecule has 0 aliphatic carbocycles. The summed E-state index contributed by atoms with van der Waals surface area (Å²) in [6.07, 6.45) is -1.08. The second kappa shape index (κ2) is 8.93. The summed E-state index contributed by atoms with van der Waals surface area (Å²) < 4.78 is 36.9. The fourth-order valence-electron chi connectivity index (χ4n) is 2.93. The number of nitrogens with zero attached hydrogens (tertiary/aromatic N) is 1. The number of rotatable bonds is 6. The Balaban J connectivity index is 1.82. The number of carbonyl (C=O) groups excluding carboxylic acids is 2. The first-order valence-corrected chi connectivity index (χ1v) is 11.3. The number of hydrogen-bond donors (Lipinski definition) is 1. The zero-order valence-corrected chi connectivity index (χ0v) is 18.0. The number of sulfonamides is 1. The van der Waals surface area contributed by atoms with Crippen LogP contribution < -0.4 is 14.4 Å². The number of halogens is 1. The molecule has 0 unspecified atom stereocenters. The zero-order valence-electron chi connectivity index (χ0n) is 16.4. The van der Waals surface area contributed by atoms with Crippen LogP contribution in [0.15, 0.2) is 42.5 Å². The Kier molecular flexibility index (Phi) is 6.52. The fraction of sp³-hybridized carbons (Fsp3) is 0.300. The van der Waals surface area contributed by atoms with Crippen molar-refractivity contribution in [1.82, 2.24) is 0 Å². The monoisotopic (exact) mass is 452 g/mol. The summed E-state index contributed by atoms with van der Waals surface area (Å²) in [5.41, 5.74) is 0.908. The van der Waals surface area contributed by atoms with E-state index in [-0.39, 0.29) is 35.2 Å². The molecule has 2 aromatic carbocycles. The highest BCUT2D eigenvalue weighted by atomic mass is 35.5. The molecule has 1 amide bonds. The van der Waals surface area contributed by atoms with Gasteiger partial charge >= 0.3 is 5.97 Å². The van der Waals surface area contributed by atoms with Crippen LogP contribution in [0.2, 0.25) is 5.02 Å². The molecule has 2 aromatic rings. The van der Waals surface area contributed by atoms with Crippen LogP contribution >= 0.6 is 11.6 Å². The molecule has 160 valence electrons. The second-order valence-corrected chi connectivity index (χ2v) is 9.00. The average molecular weight is 453 g/mol. The van der Waals surface area contributed by atoms with Gasteiger partial charge in [-0.05, 0) is 44.2 Å². The Labute approximate surface area is 179 Å². The minimum atomic E-state index is -3.61. The van der Waals surface area contributed by atoms with Gasteiger partial charge in [0.15, 0.2) is 6.10 Å². The molecule has 1 aliphatic rings. The third kappa shape index (κ3) is 4.52. The van der Waals surface area contributed by atoms with Crippen LogP contribution in [0.3, 0.4) is 0 Å². The van der Waals surface area contributed by atoms with Gasteiger partial charge in [0.2, 0.25) is 10.0 Å². The van der Waals surface area contributed by atoms with Gasteiger partial charge in [0.05, 0.1) is 40.9 Å². The van der Waals surface area contributed by atoms with Gasteiger partial charge < -0.3 is 14.8 Å². The van der Waals surface area contributed by atoms with Gasteiger partial charge in [-0.2, -0.15) is 0 Å². The van der Waals surface area contributed by atoms with E-state index in [2.05, 4.69) is 5.32 Å². The first kappa shape index (κ1) is 21.9. The number of anilines is 2. The molecular weight excluding hydrogens is 432 g/mol. The highest BCUT2D eigenvalue weighted by molar-refractivity contribution is 7.92. The van der Waals surface area contributed by atoms with E-state index < -0.39 is 28.0 Å². The summed E-state index contributed by atoms with van der Waals surface area (Å²) in [5, 5.41) is 2.77. The zero-order chi connectivity index (χ0) is 21.9. The number of benzene rings is 2. The molecule has 0 spiro atoms. The Morgan fingerprint density at radius 1 is 1.23 bits per heavy atom. The summed E-state index contributed by atoms with van der Waals surface area (Å²) >= 11 is 6.19. The van der Waals surface area contributed by atoms with Crippen molar-refractivity contribution >= 4 is 44.9 Å². The van der Waals surface area contributed by atoms with Crippen molar-refractivity contribution in [3.8, 4) is 5.75 Å². The number of fused-ring (bicyclic) bond motifs is 1. The number of para-hydroxylation sites is 2. The molecule has 0 radical (unpaired) electrons. The van der Waals surface area contributed by atoms with Crippen LogP contribution in [0.5, 0.6) is 5.75 Å². The third-order valence-corrected chi connectivity index (χ3v) is 6.53. The number of carbonyl (C=O) groups is 2. The predicted octanol–water partition coefficient (Wildman–Crippen LogP) is 3.07. The maximum atomic E-state index is 12.8.